The Kier molecular flexibility index (Phi) is 3.38. The number of aryl methyl sites for hydroxylation is 1. The number of benzene rings is 1. The lowest BCUT2D eigenvalue weighted by atomic mass is 10.1. The second-order valence-electron chi connectivity index (χ2n) is 3.52. The van der Waals surface area contributed by atoms with E-state index >= 15 is 0 Å². The first-order chi connectivity index (χ1) is 8.15. The third kappa shape index (κ3) is 2.29. The molecular weight excluding hydrogens is 284 g/mol. The van der Waals surface area contributed by atoms with Gasteiger partial charge in [-0.15, -0.1) is 0 Å². The van der Waals surface area contributed by atoms with E-state index in [1.54, 1.807) is 14.2 Å². The Balaban J connectivity index is 2.45. The molecule has 4 nitrogen and oxygen atoms in total. The number of anilines is 1. The Morgan fingerprint density at radius 3 is 2.71 bits per heavy atom. The normalized spacial score (nSPS) is 10.4. The number of nitrogens with zero attached hydrogens (tertiary/aromatic N) is 1. The Hall–Kier alpha value is -1.49. The van der Waals surface area contributed by atoms with Crippen molar-refractivity contribution in [3.63, 3.8) is 0 Å². The molecule has 1 aromatic carbocycles. The van der Waals surface area contributed by atoms with E-state index < -0.39 is 0 Å². The average molecular weight is 297 g/mol. The maximum absolute atomic E-state index is 5.45. The summed E-state index contributed by atoms with van der Waals surface area (Å²) in [6.07, 6.45) is 0. The van der Waals surface area contributed by atoms with Gasteiger partial charge >= 0.3 is 0 Å². The van der Waals surface area contributed by atoms with E-state index in [4.69, 9.17) is 9.15 Å². The van der Waals surface area contributed by atoms with Crippen LogP contribution in [0.25, 0.3) is 11.3 Å². The maximum Gasteiger partial charge on any atom is 0.295 e. The lowest BCUT2D eigenvalue weighted by Gasteiger charge is -2.04. The number of hydrogen-bond donors (Lipinski definition) is 1. The van der Waals surface area contributed by atoms with E-state index in [-0.39, 0.29) is 0 Å². The number of oxazole rings is 1. The first-order valence-electron chi connectivity index (χ1n) is 5.14. The van der Waals surface area contributed by atoms with Crippen molar-refractivity contribution < 1.29 is 9.15 Å². The minimum Gasteiger partial charge on any atom is -0.496 e. The number of hydrogen-bond acceptors (Lipinski definition) is 4. The van der Waals surface area contributed by atoms with Crippen LogP contribution in [0.5, 0.6) is 5.75 Å². The summed E-state index contributed by atoms with van der Waals surface area (Å²) in [4.78, 5) is 4.36. The molecule has 0 radical (unpaired) electrons. The standard InChI is InChI=1S/C12H13BrN2O2/c1-7-11(15-12(14-2)17-7)8-4-5-10(16-3)9(13)6-8/h4-6H,1-3H3,(H,14,15). The summed E-state index contributed by atoms with van der Waals surface area (Å²) in [6.45, 7) is 1.89. The van der Waals surface area contributed by atoms with Crippen LogP contribution < -0.4 is 10.1 Å². The molecule has 0 aliphatic heterocycles. The summed E-state index contributed by atoms with van der Waals surface area (Å²) in [5.74, 6) is 1.58. The first kappa shape index (κ1) is 12.0. The second kappa shape index (κ2) is 4.79. The van der Waals surface area contributed by atoms with Crippen molar-refractivity contribution in [2.75, 3.05) is 19.5 Å². The number of rotatable bonds is 3. The third-order valence-corrected chi connectivity index (χ3v) is 3.06. The molecule has 0 spiro atoms. The minimum atomic E-state index is 0.518. The lowest BCUT2D eigenvalue weighted by molar-refractivity contribution is 0.412. The Bertz CT molecular complexity index is 537. The highest BCUT2D eigenvalue weighted by Crippen LogP contribution is 2.32. The van der Waals surface area contributed by atoms with Gasteiger partial charge in [0.05, 0.1) is 11.6 Å². The fourth-order valence-electron chi connectivity index (χ4n) is 1.58. The van der Waals surface area contributed by atoms with Crippen LogP contribution in [-0.2, 0) is 0 Å². The van der Waals surface area contributed by atoms with Crippen LogP contribution in [-0.4, -0.2) is 19.1 Å². The van der Waals surface area contributed by atoms with E-state index in [9.17, 15) is 0 Å². The molecule has 2 rings (SSSR count). The molecule has 1 N–H and O–H groups in total. The summed E-state index contributed by atoms with van der Waals surface area (Å²) >= 11 is 3.45. The van der Waals surface area contributed by atoms with Gasteiger partial charge in [0.15, 0.2) is 0 Å². The molecular formula is C12H13BrN2O2. The summed E-state index contributed by atoms with van der Waals surface area (Å²) in [5, 5.41) is 2.88. The molecule has 0 saturated carbocycles. The number of aromatic nitrogens is 1. The quantitative estimate of drug-likeness (QED) is 0.942. The Morgan fingerprint density at radius 1 is 1.41 bits per heavy atom. The summed E-state index contributed by atoms with van der Waals surface area (Å²) in [6, 6.07) is 6.33. The highest BCUT2D eigenvalue weighted by Gasteiger charge is 2.12. The van der Waals surface area contributed by atoms with E-state index in [2.05, 4.69) is 26.2 Å². The zero-order valence-corrected chi connectivity index (χ0v) is 11.5. The van der Waals surface area contributed by atoms with Crippen molar-refractivity contribution in [2.45, 2.75) is 6.92 Å². The monoisotopic (exact) mass is 296 g/mol. The topological polar surface area (TPSA) is 47.3 Å². The van der Waals surface area contributed by atoms with Crippen LogP contribution >= 0.6 is 15.9 Å². The number of methoxy groups -OCH3 is 1. The molecule has 0 aliphatic rings. The van der Waals surface area contributed by atoms with Gasteiger partial charge in [0.1, 0.15) is 17.2 Å². The van der Waals surface area contributed by atoms with Crippen molar-refractivity contribution in [1.82, 2.24) is 4.98 Å². The predicted molar refractivity (Wildman–Crippen MR) is 70.5 cm³/mol. The molecule has 2 aromatic rings. The fourth-order valence-corrected chi connectivity index (χ4v) is 2.13. The minimum absolute atomic E-state index is 0.518. The van der Waals surface area contributed by atoms with Gasteiger partial charge in [-0.05, 0) is 41.1 Å². The largest absolute Gasteiger partial charge is 0.496 e. The van der Waals surface area contributed by atoms with Crippen molar-refractivity contribution in [2.24, 2.45) is 0 Å². The van der Waals surface area contributed by atoms with Gasteiger partial charge < -0.3 is 14.5 Å². The van der Waals surface area contributed by atoms with Gasteiger partial charge in [-0.3, -0.25) is 0 Å². The fraction of sp³-hybridized carbons (Fsp3) is 0.250. The maximum atomic E-state index is 5.45. The SMILES string of the molecule is CNc1nc(-c2ccc(OC)c(Br)c2)c(C)o1. The average Bonchev–Trinajstić information content (AvgIpc) is 2.70. The smallest absolute Gasteiger partial charge is 0.295 e. The van der Waals surface area contributed by atoms with Crippen LogP contribution in [0.4, 0.5) is 6.01 Å². The summed E-state index contributed by atoms with van der Waals surface area (Å²) < 4.78 is 11.5. The first-order valence-corrected chi connectivity index (χ1v) is 5.94. The van der Waals surface area contributed by atoms with Gasteiger partial charge in [-0.1, -0.05) is 0 Å². The van der Waals surface area contributed by atoms with Crippen LogP contribution in [0.1, 0.15) is 5.76 Å². The third-order valence-electron chi connectivity index (χ3n) is 2.44. The predicted octanol–water partition coefficient (Wildman–Crippen LogP) is 3.46. The molecule has 0 fully saturated rings. The van der Waals surface area contributed by atoms with E-state index in [0.29, 0.717) is 6.01 Å². The summed E-state index contributed by atoms with van der Waals surface area (Å²) in [7, 11) is 3.42. The van der Waals surface area contributed by atoms with Crippen molar-refractivity contribution in [1.29, 1.82) is 0 Å². The van der Waals surface area contributed by atoms with E-state index in [1.807, 2.05) is 25.1 Å². The number of nitrogens with one attached hydrogen (secondary N) is 1. The van der Waals surface area contributed by atoms with Gasteiger partial charge in [0.2, 0.25) is 0 Å². The summed E-state index contributed by atoms with van der Waals surface area (Å²) in [5.41, 5.74) is 1.82. The van der Waals surface area contributed by atoms with Crippen molar-refractivity contribution in [3.8, 4) is 17.0 Å². The Labute approximate surface area is 108 Å². The molecule has 90 valence electrons. The van der Waals surface area contributed by atoms with Gasteiger partial charge in [-0.25, -0.2) is 0 Å². The zero-order chi connectivity index (χ0) is 12.4. The molecule has 0 unspecified atom stereocenters. The molecule has 0 bridgehead atoms. The molecule has 0 atom stereocenters. The number of ether oxygens (including phenoxy) is 1. The Morgan fingerprint density at radius 2 is 2.18 bits per heavy atom. The molecule has 1 heterocycles. The van der Waals surface area contributed by atoms with E-state index in [1.165, 1.54) is 0 Å². The number of halogens is 1. The van der Waals surface area contributed by atoms with Crippen LogP contribution in [0.15, 0.2) is 27.1 Å². The van der Waals surface area contributed by atoms with Gasteiger partial charge in [0.25, 0.3) is 6.01 Å². The molecule has 0 aliphatic carbocycles. The molecule has 5 heteroatoms. The molecule has 1 aromatic heterocycles. The molecule has 17 heavy (non-hydrogen) atoms. The van der Waals surface area contributed by atoms with Crippen LogP contribution in [0, 0.1) is 6.92 Å². The van der Waals surface area contributed by atoms with Crippen LogP contribution in [0.3, 0.4) is 0 Å². The zero-order valence-electron chi connectivity index (χ0n) is 9.87. The van der Waals surface area contributed by atoms with E-state index in [0.717, 1.165) is 27.2 Å². The lowest BCUT2D eigenvalue weighted by Crippen LogP contribution is -1.88. The highest BCUT2D eigenvalue weighted by molar-refractivity contribution is 9.10. The van der Waals surface area contributed by atoms with Gasteiger partial charge in [-0.2, -0.15) is 4.98 Å². The van der Waals surface area contributed by atoms with Crippen molar-refractivity contribution in [3.05, 3.63) is 28.4 Å². The second-order valence-corrected chi connectivity index (χ2v) is 4.38. The molecule has 0 amide bonds. The van der Waals surface area contributed by atoms with Gasteiger partial charge in [0, 0.05) is 12.6 Å². The molecule has 0 saturated heterocycles. The van der Waals surface area contributed by atoms with Crippen molar-refractivity contribution >= 4 is 21.9 Å². The van der Waals surface area contributed by atoms with Crippen LogP contribution in [0.2, 0.25) is 0 Å². The highest BCUT2D eigenvalue weighted by atomic mass is 79.9.